The summed E-state index contributed by atoms with van der Waals surface area (Å²) in [6.45, 7) is 3.56. The summed E-state index contributed by atoms with van der Waals surface area (Å²) in [6.07, 6.45) is 5.84. The summed E-state index contributed by atoms with van der Waals surface area (Å²) in [5.41, 5.74) is 0.464. The molecule has 0 bridgehead atoms. The Morgan fingerprint density at radius 2 is 1.96 bits per heavy atom. The fourth-order valence-corrected chi connectivity index (χ4v) is 4.00. The molecule has 26 heavy (non-hydrogen) atoms. The SMILES string of the molecule is CC(=O)N1CC(=O)N(c2ccccc2)C[C@]12CCN(c1cnccn1)C2. The van der Waals surface area contributed by atoms with Crippen LogP contribution in [0.25, 0.3) is 0 Å². The minimum absolute atomic E-state index is 0.0463. The second kappa shape index (κ2) is 6.40. The Balaban J connectivity index is 1.65. The van der Waals surface area contributed by atoms with E-state index in [1.807, 2.05) is 30.3 Å². The minimum atomic E-state index is -0.410. The Hall–Kier alpha value is -2.96. The molecule has 4 rings (SSSR count). The van der Waals surface area contributed by atoms with Crippen molar-refractivity contribution < 1.29 is 9.59 Å². The van der Waals surface area contributed by atoms with Gasteiger partial charge in [-0.3, -0.25) is 14.6 Å². The number of carbonyl (C=O) groups is 2. The second-order valence-electron chi connectivity index (χ2n) is 6.88. The molecular formula is C19H21N5O2. The van der Waals surface area contributed by atoms with E-state index in [4.69, 9.17) is 0 Å². The normalized spacial score (nSPS) is 23.0. The Morgan fingerprint density at radius 3 is 2.65 bits per heavy atom. The van der Waals surface area contributed by atoms with Crippen molar-refractivity contribution in [1.82, 2.24) is 14.9 Å². The molecule has 1 spiro atoms. The van der Waals surface area contributed by atoms with Crippen LogP contribution < -0.4 is 9.80 Å². The number of rotatable bonds is 2. The standard InChI is InChI=1S/C19H21N5O2/c1-15(25)24-12-18(26)23(16-5-3-2-4-6-16)14-19(24)7-10-22(13-19)17-11-20-8-9-21-17/h2-6,8-9,11H,7,10,12-14H2,1H3/t19-/m1/s1. The molecule has 2 amide bonds. The molecule has 0 radical (unpaired) electrons. The van der Waals surface area contributed by atoms with Gasteiger partial charge in [0.15, 0.2) is 0 Å². The molecule has 2 aromatic rings. The van der Waals surface area contributed by atoms with E-state index in [0.29, 0.717) is 13.1 Å². The van der Waals surface area contributed by atoms with Crippen molar-refractivity contribution in [2.24, 2.45) is 0 Å². The number of amides is 2. The Bertz CT molecular complexity index is 813. The van der Waals surface area contributed by atoms with Gasteiger partial charge >= 0.3 is 0 Å². The molecule has 2 fully saturated rings. The van der Waals surface area contributed by atoms with Crippen molar-refractivity contribution in [2.75, 3.05) is 36.0 Å². The summed E-state index contributed by atoms with van der Waals surface area (Å²) in [7, 11) is 0. The smallest absolute Gasteiger partial charge is 0.246 e. The maximum absolute atomic E-state index is 12.7. The monoisotopic (exact) mass is 351 g/mol. The largest absolute Gasteiger partial charge is 0.353 e. The first-order chi connectivity index (χ1) is 12.6. The third-order valence-electron chi connectivity index (χ3n) is 5.27. The van der Waals surface area contributed by atoms with Crippen LogP contribution >= 0.6 is 0 Å². The summed E-state index contributed by atoms with van der Waals surface area (Å²) < 4.78 is 0. The zero-order valence-electron chi connectivity index (χ0n) is 14.7. The maximum Gasteiger partial charge on any atom is 0.246 e. The first kappa shape index (κ1) is 16.5. The average Bonchev–Trinajstić information content (AvgIpc) is 3.09. The second-order valence-corrected chi connectivity index (χ2v) is 6.88. The van der Waals surface area contributed by atoms with E-state index in [2.05, 4.69) is 14.9 Å². The number of hydrogen-bond acceptors (Lipinski definition) is 5. The Kier molecular flexibility index (Phi) is 4.06. The van der Waals surface area contributed by atoms with E-state index in [1.165, 1.54) is 6.92 Å². The quantitative estimate of drug-likeness (QED) is 0.816. The van der Waals surface area contributed by atoms with Crippen LogP contribution in [0.15, 0.2) is 48.9 Å². The molecule has 2 aliphatic rings. The predicted molar refractivity (Wildman–Crippen MR) is 97.8 cm³/mol. The van der Waals surface area contributed by atoms with Crippen LogP contribution in [0.4, 0.5) is 11.5 Å². The van der Waals surface area contributed by atoms with E-state index in [0.717, 1.165) is 24.5 Å². The number of piperazine rings is 1. The lowest BCUT2D eigenvalue weighted by Crippen LogP contribution is -2.66. The van der Waals surface area contributed by atoms with Gasteiger partial charge in [-0.05, 0) is 18.6 Å². The van der Waals surface area contributed by atoms with E-state index in [-0.39, 0.29) is 18.4 Å². The summed E-state index contributed by atoms with van der Waals surface area (Å²) in [6, 6.07) is 9.65. The van der Waals surface area contributed by atoms with Gasteiger partial charge in [-0.1, -0.05) is 18.2 Å². The van der Waals surface area contributed by atoms with E-state index >= 15 is 0 Å². The van der Waals surface area contributed by atoms with Gasteiger partial charge in [-0.25, -0.2) is 4.98 Å². The zero-order valence-corrected chi connectivity index (χ0v) is 14.7. The van der Waals surface area contributed by atoms with Crippen molar-refractivity contribution in [2.45, 2.75) is 18.9 Å². The van der Waals surface area contributed by atoms with Gasteiger partial charge in [-0.15, -0.1) is 0 Å². The third kappa shape index (κ3) is 2.79. The molecule has 0 saturated carbocycles. The highest BCUT2D eigenvalue weighted by atomic mass is 16.2. The number of carbonyl (C=O) groups excluding carboxylic acids is 2. The maximum atomic E-state index is 12.7. The molecule has 0 N–H and O–H groups in total. The topological polar surface area (TPSA) is 69.6 Å². The number of para-hydroxylation sites is 1. The first-order valence-corrected chi connectivity index (χ1v) is 8.74. The molecule has 0 aliphatic carbocycles. The number of aromatic nitrogens is 2. The van der Waals surface area contributed by atoms with Gasteiger partial charge < -0.3 is 14.7 Å². The fourth-order valence-electron chi connectivity index (χ4n) is 4.00. The van der Waals surface area contributed by atoms with Crippen LogP contribution in [0.2, 0.25) is 0 Å². The number of anilines is 2. The van der Waals surface area contributed by atoms with Crippen LogP contribution in [0, 0.1) is 0 Å². The van der Waals surface area contributed by atoms with Crippen LogP contribution in [0.5, 0.6) is 0 Å². The minimum Gasteiger partial charge on any atom is -0.353 e. The summed E-state index contributed by atoms with van der Waals surface area (Å²) >= 11 is 0. The Morgan fingerprint density at radius 1 is 1.15 bits per heavy atom. The lowest BCUT2D eigenvalue weighted by molar-refractivity contribution is -0.142. The van der Waals surface area contributed by atoms with Crippen LogP contribution in [-0.4, -0.2) is 58.4 Å². The van der Waals surface area contributed by atoms with E-state index in [9.17, 15) is 9.59 Å². The number of benzene rings is 1. The molecule has 1 atom stereocenters. The lowest BCUT2D eigenvalue weighted by Gasteiger charge is -2.48. The molecule has 2 saturated heterocycles. The van der Waals surface area contributed by atoms with Crippen LogP contribution in [0.1, 0.15) is 13.3 Å². The van der Waals surface area contributed by atoms with Crippen molar-refractivity contribution in [3.63, 3.8) is 0 Å². The molecule has 2 aliphatic heterocycles. The third-order valence-corrected chi connectivity index (χ3v) is 5.27. The van der Waals surface area contributed by atoms with Crippen LogP contribution in [-0.2, 0) is 9.59 Å². The summed E-state index contributed by atoms with van der Waals surface area (Å²) in [5.74, 6) is 0.693. The van der Waals surface area contributed by atoms with Crippen molar-refractivity contribution in [3.8, 4) is 0 Å². The number of nitrogens with zero attached hydrogens (tertiary/aromatic N) is 5. The van der Waals surface area contributed by atoms with Gasteiger partial charge in [-0.2, -0.15) is 0 Å². The Labute approximate surface area is 152 Å². The molecule has 3 heterocycles. The molecule has 1 aromatic carbocycles. The lowest BCUT2D eigenvalue weighted by atomic mass is 9.91. The molecule has 0 unspecified atom stereocenters. The first-order valence-electron chi connectivity index (χ1n) is 8.74. The van der Waals surface area contributed by atoms with E-state index < -0.39 is 5.54 Å². The summed E-state index contributed by atoms with van der Waals surface area (Å²) in [4.78, 5) is 39.2. The highest BCUT2D eigenvalue weighted by Crippen LogP contribution is 2.35. The van der Waals surface area contributed by atoms with Gasteiger partial charge in [0.05, 0.1) is 18.3 Å². The summed E-state index contributed by atoms with van der Waals surface area (Å²) in [5, 5.41) is 0. The molecule has 7 heteroatoms. The van der Waals surface area contributed by atoms with Crippen molar-refractivity contribution in [3.05, 3.63) is 48.9 Å². The van der Waals surface area contributed by atoms with Crippen LogP contribution in [0.3, 0.4) is 0 Å². The van der Waals surface area contributed by atoms with Crippen molar-refractivity contribution in [1.29, 1.82) is 0 Å². The predicted octanol–water partition coefficient (Wildman–Crippen LogP) is 1.32. The highest BCUT2D eigenvalue weighted by Gasteiger charge is 2.50. The zero-order chi connectivity index (χ0) is 18.1. The fraction of sp³-hybridized carbons (Fsp3) is 0.368. The molecular weight excluding hydrogens is 330 g/mol. The van der Waals surface area contributed by atoms with Gasteiger partial charge in [0.25, 0.3) is 0 Å². The molecule has 7 nitrogen and oxygen atoms in total. The molecule has 134 valence electrons. The number of hydrogen-bond donors (Lipinski definition) is 0. The van der Waals surface area contributed by atoms with Crippen molar-refractivity contribution >= 4 is 23.3 Å². The average molecular weight is 351 g/mol. The highest BCUT2D eigenvalue weighted by molar-refractivity contribution is 5.98. The molecule has 1 aromatic heterocycles. The van der Waals surface area contributed by atoms with Gasteiger partial charge in [0.2, 0.25) is 11.8 Å². The van der Waals surface area contributed by atoms with E-state index in [1.54, 1.807) is 28.4 Å². The van der Waals surface area contributed by atoms with Gasteiger partial charge in [0.1, 0.15) is 12.4 Å². The van der Waals surface area contributed by atoms with Gasteiger partial charge in [0, 0.05) is 38.1 Å².